The fraction of sp³-hybridized carbons (Fsp3) is 0.294. The summed E-state index contributed by atoms with van der Waals surface area (Å²) in [5.41, 5.74) is 1.88. The highest BCUT2D eigenvalue weighted by Gasteiger charge is 2.24. The number of hydrogen-bond acceptors (Lipinski definition) is 4. The van der Waals surface area contributed by atoms with Gasteiger partial charge in [0.2, 0.25) is 15.9 Å². The van der Waals surface area contributed by atoms with Crippen molar-refractivity contribution in [1.29, 1.82) is 0 Å². The number of aryl methyl sites for hydroxylation is 1. The summed E-state index contributed by atoms with van der Waals surface area (Å²) in [7, 11) is -3.68. The summed E-state index contributed by atoms with van der Waals surface area (Å²) in [6, 6.07) is 10.2. The van der Waals surface area contributed by atoms with Crippen molar-refractivity contribution >= 4 is 15.9 Å². The van der Waals surface area contributed by atoms with Crippen molar-refractivity contribution in [3.63, 3.8) is 0 Å². The third kappa shape index (κ3) is 4.62. The first-order chi connectivity index (χ1) is 11.4. The molecule has 0 saturated carbocycles. The molecular formula is C17H21N3O3S. The molecule has 2 aromatic rings. The number of carbonyl (C=O) groups is 1. The van der Waals surface area contributed by atoms with Gasteiger partial charge in [-0.3, -0.25) is 9.78 Å². The number of amides is 1. The maximum atomic E-state index is 12.6. The SMILES string of the molecule is CCN(CC(=O)NCc1ccncc1)S(=O)(=O)c1ccc(C)cc1. The van der Waals surface area contributed by atoms with Crippen LogP contribution in [0.4, 0.5) is 0 Å². The smallest absolute Gasteiger partial charge is 0.243 e. The van der Waals surface area contributed by atoms with E-state index in [4.69, 9.17) is 0 Å². The average molecular weight is 347 g/mol. The molecule has 1 amide bonds. The highest BCUT2D eigenvalue weighted by Crippen LogP contribution is 2.16. The van der Waals surface area contributed by atoms with Crippen molar-refractivity contribution in [1.82, 2.24) is 14.6 Å². The van der Waals surface area contributed by atoms with Crippen LogP contribution in [0.25, 0.3) is 0 Å². The molecule has 1 aromatic carbocycles. The topological polar surface area (TPSA) is 79.4 Å². The molecule has 0 radical (unpaired) electrons. The number of likely N-dealkylation sites (N-methyl/N-ethyl adjacent to an activating group) is 1. The molecule has 0 saturated heterocycles. The van der Waals surface area contributed by atoms with E-state index in [9.17, 15) is 13.2 Å². The fourth-order valence-electron chi connectivity index (χ4n) is 2.14. The van der Waals surface area contributed by atoms with Gasteiger partial charge in [-0.1, -0.05) is 24.6 Å². The molecule has 0 aliphatic heterocycles. The van der Waals surface area contributed by atoms with Gasteiger partial charge in [-0.2, -0.15) is 4.31 Å². The van der Waals surface area contributed by atoms with Crippen LogP contribution in [0.15, 0.2) is 53.7 Å². The lowest BCUT2D eigenvalue weighted by atomic mass is 10.2. The third-order valence-corrected chi connectivity index (χ3v) is 5.51. The lowest BCUT2D eigenvalue weighted by Crippen LogP contribution is -2.40. The molecule has 0 unspecified atom stereocenters. The molecule has 1 N–H and O–H groups in total. The minimum Gasteiger partial charge on any atom is -0.351 e. The van der Waals surface area contributed by atoms with Gasteiger partial charge in [0.15, 0.2) is 0 Å². The lowest BCUT2D eigenvalue weighted by Gasteiger charge is -2.20. The number of benzene rings is 1. The number of nitrogens with zero attached hydrogens (tertiary/aromatic N) is 2. The van der Waals surface area contributed by atoms with Gasteiger partial charge in [0.25, 0.3) is 0 Å². The maximum absolute atomic E-state index is 12.6. The Morgan fingerprint density at radius 2 is 1.75 bits per heavy atom. The molecular weight excluding hydrogens is 326 g/mol. The van der Waals surface area contributed by atoms with Crippen LogP contribution < -0.4 is 5.32 Å². The summed E-state index contributed by atoms with van der Waals surface area (Å²) in [6.07, 6.45) is 3.28. The number of aromatic nitrogens is 1. The Morgan fingerprint density at radius 1 is 1.12 bits per heavy atom. The molecule has 1 aromatic heterocycles. The van der Waals surface area contributed by atoms with Gasteiger partial charge in [0.1, 0.15) is 0 Å². The number of sulfonamides is 1. The molecule has 7 heteroatoms. The summed E-state index contributed by atoms with van der Waals surface area (Å²) >= 11 is 0. The summed E-state index contributed by atoms with van der Waals surface area (Å²) in [4.78, 5) is 16.2. The molecule has 2 rings (SSSR count). The molecule has 0 spiro atoms. The van der Waals surface area contributed by atoms with E-state index in [1.807, 2.05) is 6.92 Å². The Kier molecular flexibility index (Phi) is 6.05. The van der Waals surface area contributed by atoms with Crippen molar-refractivity contribution in [2.45, 2.75) is 25.3 Å². The predicted molar refractivity (Wildman–Crippen MR) is 91.7 cm³/mol. The molecule has 24 heavy (non-hydrogen) atoms. The Hall–Kier alpha value is -2.25. The molecule has 0 aliphatic carbocycles. The van der Waals surface area contributed by atoms with E-state index in [2.05, 4.69) is 10.3 Å². The predicted octanol–water partition coefficient (Wildman–Crippen LogP) is 1.72. The Labute approximate surface area is 142 Å². The van der Waals surface area contributed by atoms with Crippen molar-refractivity contribution in [2.24, 2.45) is 0 Å². The summed E-state index contributed by atoms with van der Waals surface area (Å²) < 4.78 is 26.4. The molecule has 0 aliphatic rings. The summed E-state index contributed by atoms with van der Waals surface area (Å²) in [6.45, 7) is 3.95. The minimum atomic E-state index is -3.68. The standard InChI is InChI=1S/C17H21N3O3S/c1-3-20(24(22,23)16-6-4-14(2)5-7-16)13-17(21)19-12-15-8-10-18-11-9-15/h4-11H,3,12-13H2,1-2H3,(H,19,21). The van der Waals surface area contributed by atoms with Crippen LogP contribution in [0, 0.1) is 6.92 Å². The first-order valence-corrected chi connectivity index (χ1v) is 9.10. The zero-order valence-corrected chi connectivity index (χ0v) is 14.6. The summed E-state index contributed by atoms with van der Waals surface area (Å²) in [5, 5.41) is 2.72. The molecule has 0 atom stereocenters. The van der Waals surface area contributed by atoms with Crippen molar-refractivity contribution in [3.8, 4) is 0 Å². The molecule has 6 nitrogen and oxygen atoms in total. The monoisotopic (exact) mass is 347 g/mol. The first-order valence-electron chi connectivity index (χ1n) is 7.66. The third-order valence-electron chi connectivity index (χ3n) is 3.57. The van der Waals surface area contributed by atoms with Gasteiger partial charge in [0.05, 0.1) is 11.4 Å². The van der Waals surface area contributed by atoms with Crippen LogP contribution in [-0.2, 0) is 21.4 Å². The van der Waals surface area contributed by atoms with Crippen LogP contribution in [0.1, 0.15) is 18.1 Å². The number of hydrogen-bond donors (Lipinski definition) is 1. The molecule has 128 valence electrons. The van der Waals surface area contributed by atoms with E-state index in [0.717, 1.165) is 11.1 Å². The van der Waals surface area contributed by atoms with E-state index in [-0.39, 0.29) is 23.9 Å². The normalized spacial score (nSPS) is 11.5. The number of pyridine rings is 1. The van der Waals surface area contributed by atoms with Crippen LogP contribution >= 0.6 is 0 Å². The van der Waals surface area contributed by atoms with E-state index < -0.39 is 10.0 Å². The van der Waals surface area contributed by atoms with Gasteiger partial charge < -0.3 is 5.32 Å². The number of nitrogens with one attached hydrogen (secondary N) is 1. The minimum absolute atomic E-state index is 0.192. The zero-order chi connectivity index (χ0) is 17.6. The molecule has 1 heterocycles. The first kappa shape index (κ1) is 18.1. The quantitative estimate of drug-likeness (QED) is 0.827. The van der Waals surface area contributed by atoms with Crippen LogP contribution in [-0.4, -0.2) is 36.7 Å². The second kappa shape index (κ2) is 8.03. The van der Waals surface area contributed by atoms with E-state index in [1.165, 1.54) is 4.31 Å². The Bertz CT molecular complexity index is 774. The van der Waals surface area contributed by atoms with Crippen molar-refractivity contribution < 1.29 is 13.2 Å². The van der Waals surface area contributed by atoms with Gasteiger partial charge in [0, 0.05) is 25.5 Å². The highest BCUT2D eigenvalue weighted by molar-refractivity contribution is 7.89. The fourth-order valence-corrected chi connectivity index (χ4v) is 3.55. The van der Waals surface area contributed by atoms with Crippen LogP contribution in [0.2, 0.25) is 0 Å². The zero-order valence-electron chi connectivity index (χ0n) is 13.8. The number of rotatable bonds is 7. The van der Waals surface area contributed by atoms with E-state index in [1.54, 1.807) is 55.7 Å². The maximum Gasteiger partial charge on any atom is 0.243 e. The highest BCUT2D eigenvalue weighted by atomic mass is 32.2. The van der Waals surface area contributed by atoms with Crippen LogP contribution in [0.3, 0.4) is 0 Å². The Balaban J connectivity index is 2.02. The largest absolute Gasteiger partial charge is 0.351 e. The second-order valence-corrected chi connectivity index (χ2v) is 7.31. The molecule has 0 fully saturated rings. The van der Waals surface area contributed by atoms with Crippen LogP contribution in [0.5, 0.6) is 0 Å². The summed E-state index contributed by atoms with van der Waals surface area (Å²) in [5.74, 6) is -0.343. The lowest BCUT2D eigenvalue weighted by molar-refractivity contribution is -0.121. The second-order valence-electron chi connectivity index (χ2n) is 5.38. The molecule has 0 bridgehead atoms. The van der Waals surface area contributed by atoms with Crippen molar-refractivity contribution in [2.75, 3.05) is 13.1 Å². The number of carbonyl (C=O) groups excluding carboxylic acids is 1. The van der Waals surface area contributed by atoms with Gasteiger partial charge in [-0.05, 0) is 36.8 Å². The van der Waals surface area contributed by atoms with Gasteiger partial charge in [-0.15, -0.1) is 0 Å². The van der Waals surface area contributed by atoms with Crippen molar-refractivity contribution in [3.05, 3.63) is 59.9 Å². The van der Waals surface area contributed by atoms with Gasteiger partial charge >= 0.3 is 0 Å². The average Bonchev–Trinajstić information content (AvgIpc) is 2.59. The van der Waals surface area contributed by atoms with Gasteiger partial charge in [-0.25, -0.2) is 8.42 Å². The Morgan fingerprint density at radius 3 is 2.33 bits per heavy atom. The van der Waals surface area contributed by atoms with E-state index in [0.29, 0.717) is 6.54 Å². The van der Waals surface area contributed by atoms with E-state index >= 15 is 0 Å².